The van der Waals surface area contributed by atoms with E-state index in [-0.39, 0.29) is 11.8 Å². The van der Waals surface area contributed by atoms with E-state index in [4.69, 9.17) is 11.8 Å². The molecule has 0 spiro atoms. The summed E-state index contributed by atoms with van der Waals surface area (Å²) in [5.41, 5.74) is 0.613. The van der Waals surface area contributed by atoms with E-state index >= 15 is 0 Å². The minimum Gasteiger partial charge on any atom is -0.512 e. The zero-order valence-electron chi connectivity index (χ0n) is 7.75. The van der Waals surface area contributed by atoms with Gasteiger partial charge in [-0.1, -0.05) is 18.2 Å². The molecule has 1 aliphatic heterocycles. The molecule has 0 aromatic heterocycles. The van der Waals surface area contributed by atoms with Crippen LogP contribution in [0.15, 0.2) is 42.5 Å². The minimum atomic E-state index is -0.281. The van der Waals surface area contributed by atoms with Crippen molar-refractivity contribution >= 4 is 17.5 Å². The number of carbonyl (C=O) groups excluding carboxylic acids is 2. The van der Waals surface area contributed by atoms with Gasteiger partial charge in [-0.3, -0.25) is 9.59 Å². The third-order valence-corrected chi connectivity index (χ3v) is 1.82. The molecule has 1 aromatic rings. The Bertz CT molecular complexity index is 403. The smallest absolute Gasteiger partial charge is 0.258 e. The molecular weight excluding hydrogens is 192 g/mol. The summed E-state index contributed by atoms with van der Waals surface area (Å²) in [4.78, 5) is 23.5. The third-order valence-electron chi connectivity index (χ3n) is 1.82. The Hall–Kier alpha value is -2.41. The maximum atomic E-state index is 11.2. The van der Waals surface area contributed by atoms with Gasteiger partial charge in [0.15, 0.2) is 0 Å². The van der Waals surface area contributed by atoms with Crippen LogP contribution in [-0.4, -0.2) is 11.8 Å². The average molecular weight is 199 g/mol. The Morgan fingerprint density at radius 1 is 0.933 bits per heavy atom. The molecule has 1 heterocycles. The molecule has 0 aliphatic carbocycles. The maximum absolute atomic E-state index is 11.2. The zero-order valence-corrected chi connectivity index (χ0v) is 7.75. The highest BCUT2D eigenvalue weighted by Gasteiger charge is 2.24. The van der Waals surface area contributed by atoms with E-state index < -0.39 is 0 Å². The van der Waals surface area contributed by atoms with Gasteiger partial charge in [-0.05, 0) is 12.1 Å². The molecule has 15 heavy (non-hydrogen) atoms. The number of rotatable bonds is 1. The lowest BCUT2D eigenvalue weighted by atomic mass is 10.3. The molecule has 1 aromatic carbocycles. The monoisotopic (exact) mass is 199 g/mol. The number of amides is 2. The first-order chi connectivity index (χ1) is 7.29. The summed E-state index contributed by atoms with van der Waals surface area (Å²) in [5, 5.41) is 6.25. The molecule has 1 aliphatic rings. The molecule has 0 unspecified atom stereocenters. The van der Waals surface area contributed by atoms with E-state index in [9.17, 15) is 9.59 Å². The summed E-state index contributed by atoms with van der Waals surface area (Å²) in [6, 6.07) is 8.86. The standard InChI is InChI=1S/C10H7NO2.CN/c12-9-6-7-10(13)11(9)8-4-2-1-3-5-8;1-2/h1-7H;/q;-1. The molecule has 0 saturated heterocycles. The minimum absolute atomic E-state index is 0.281. The summed E-state index contributed by atoms with van der Waals surface area (Å²) in [6.45, 7) is 4.75. The van der Waals surface area contributed by atoms with Crippen LogP contribution >= 0.6 is 0 Å². The van der Waals surface area contributed by atoms with Crippen LogP contribution in [0.1, 0.15) is 0 Å². The number of carbonyl (C=O) groups is 2. The van der Waals surface area contributed by atoms with Gasteiger partial charge in [0.25, 0.3) is 11.8 Å². The van der Waals surface area contributed by atoms with E-state index in [0.29, 0.717) is 5.69 Å². The predicted molar refractivity (Wildman–Crippen MR) is 53.0 cm³/mol. The van der Waals surface area contributed by atoms with E-state index in [0.717, 1.165) is 4.90 Å². The number of benzene rings is 1. The molecule has 0 fully saturated rings. The van der Waals surface area contributed by atoms with Crippen molar-refractivity contribution in [3.8, 4) is 0 Å². The summed E-state index contributed by atoms with van der Waals surface area (Å²) >= 11 is 0. The highest BCUT2D eigenvalue weighted by molar-refractivity contribution is 6.28. The fourth-order valence-electron chi connectivity index (χ4n) is 1.23. The first-order valence-electron chi connectivity index (χ1n) is 4.12. The van der Waals surface area contributed by atoms with Crippen LogP contribution in [0, 0.1) is 11.8 Å². The Morgan fingerprint density at radius 2 is 1.40 bits per heavy atom. The van der Waals surface area contributed by atoms with Crippen LogP contribution in [0.5, 0.6) is 0 Å². The number of para-hydroxylation sites is 1. The highest BCUT2D eigenvalue weighted by atomic mass is 16.2. The topological polar surface area (TPSA) is 61.2 Å². The first-order valence-corrected chi connectivity index (χ1v) is 4.12. The summed E-state index contributed by atoms with van der Waals surface area (Å²) in [6.07, 6.45) is 2.55. The Balaban J connectivity index is 0.000000531. The molecule has 0 atom stereocenters. The molecule has 0 N–H and O–H groups in total. The van der Waals surface area contributed by atoms with Gasteiger partial charge in [-0.15, -0.1) is 0 Å². The van der Waals surface area contributed by atoms with Crippen LogP contribution < -0.4 is 4.90 Å². The van der Waals surface area contributed by atoms with Crippen molar-refractivity contribution in [2.75, 3.05) is 4.90 Å². The summed E-state index contributed by atoms with van der Waals surface area (Å²) < 4.78 is 0. The molecule has 74 valence electrons. The van der Waals surface area contributed by atoms with Gasteiger partial charge < -0.3 is 11.8 Å². The summed E-state index contributed by atoms with van der Waals surface area (Å²) in [7, 11) is 0. The molecule has 0 radical (unpaired) electrons. The van der Waals surface area contributed by atoms with Gasteiger partial charge in [0, 0.05) is 12.2 Å². The van der Waals surface area contributed by atoms with Gasteiger partial charge in [-0.25, -0.2) is 4.90 Å². The van der Waals surface area contributed by atoms with Crippen molar-refractivity contribution in [1.29, 1.82) is 5.26 Å². The van der Waals surface area contributed by atoms with E-state index in [1.807, 2.05) is 6.07 Å². The number of nitrogens with zero attached hydrogens (tertiary/aromatic N) is 2. The zero-order chi connectivity index (χ0) is 11.3. The second-order valence-corrected chi connectivity index (χ2v) is 2.68. The third kappa shape index (κ3) is 2.09. The molecule has 0 saturated carbocycles. The highest BCUT2D eigenvalue weighted by Crippen LogP contribution is 2.17. The lowest BCUT2D eigenvalue weighted by Gasteiger charge is -2.12. The Labute approximate surface area is 87.0 Å². The van der Waals surface area contributed by atoms with Crippen LogP contribution in [0.4, 0.5) is 5.69 Å². The maximum Gasteiger partial charge on any atom is 0.258 e. The molecule has 4 nitrogen and oxygen atoms in total. The SMILES string of the molecule is O=C1C=CC(=O)N1c1ccccc1.[C-]#N. The van der Waals surface area contributed by atoms with E-state index in [2.05, 4.69) is 0 Å². The molecule has 0 bridgehead atoms. The van der Waals surface area contributed by atoms with Crippen LogP contribution in [0.2, 0.25) is 0 Å². The van der Waals surface area contributed by atoms with Gasteiger partial charge in [-0.2, -0.15) is 0 Å². The quantitative estimate of drug-likeness (QED) is 0.504. The first kappa shape index (κ1) is 10.7. The number of hydrogen-bond donors (Lipinski definition) is 0. The van der Waals surface area contributed by atoms with E-state index in [1.54, 1.807) is 24.3 Å². The van der Waals surface area contributed by atoms with Crippen molar-refractivity contribution in [2.24, 2.45) is 0 Å². The normalized spacial score (nSPS) is 13.6. The van der Waals surface area contributed by atoms with Gasteiger partial charge in [0.1, 0.15) is 0 Å². The lowest BCUT2D eigenvalue weighted by molar-refractivity contribution is -0.119. The molecular formula is C11H7N2O2-. The largest absolute Gasteiger partial charge is 0.512 e. The van der Waals surface area contributed by atoms with Gasteiger partial charge >= 0.3 is 0 Å². The van der Waals surface area contributed by atoms with Crippen molar-refractivity contribution in [3.05, 3.63) is 49.1 Å². The van der Waals surface area contributed by atoms with Gasteiger partial charge in [0.05, 0.1) is 5.69 Å². The van der Waals surface area contributed by atoms with Crippen molar-refractivity contribution in [1.82, 2.24) is 0 Å². The fourth-order valence-corrected chi connectivity index (χ4v) is 1.23. The molecule has 2 rings (SSSR count). The van der Waals surface area contributed by atoms with Crippen molar-refractivity contribution in [2.45, 2.75) is 0 Å². The van der Waals surface area contributed by atoms with Gasteiger partial charge in [0.2, 0.25) is 0 Å². The lowest BCUT2D eigenvalue weighted by Crippen LogP contribution is -2.29. The van der Waals surface area contributed by atoms with Crippen LogP contribution in [-0.2, 0) is 9.59 Å². The number of anilines is 1. The Morgan fingerprint density at radius 3 is 1.87 bits per heavy atom. The molecule has 2 amide bonds. The van der Waals surface area contributed by atoms with Crippen molar-refractivity contribution < 1.29 is 9.59 Å². The van der Waals surface area contributed by atoms with Crippen molar-refractivity contribution in [3.63, 3.8) is 0 Å². The number of imide groups is 1. The van der Waals surface area contributed by atoms with E-state index in [1.165, 1.54) is 12.2 Å². The molecule has 4 heteroatoms. The Kier molecular flexibility index (Phi) is 3.36. The average Bonchev–Trinajstić information content (AvgIpc) is 2.63. The second-order valence-electron chi connectivity index (χ2n) is 2.68. The fraction of sp³-hybridized carbons (Fsp3) is 0. The van der Waals surface area contributed by atoms with Crippen LogP contribution in [0.3, 0.4) is 0 Å². The number of hydrogen-bond acceptors (Lipinski definition) is 3. The summed E-state index contributed by atoms with van der Waals surface area (Å²) in [5.74, 6) is -0.563. The predicted octanol–water partition coefficient (Wildman–Crippen LogP) is 1.21. The van der Waals surface area contributed by atoms with Crippen LogP contribution in [0.25, 0.3) is 0 Å². The second kappa shape index (κ2) is 4.72.